The Balaban J connectivity index is 0. The Morgan fingerprint density at radius 2 is 1.70 bits per heavy atom. The van der Waals surface area contributed by atoms with Crippen LogP contribution in [0, 0.1) is 0 Å². The van der Waals surface area contributed by atoms with Gasteiger partial charge in [-0.05, 0) is 12.5 Å². The van der Waals surface area contributed by atoms with E-state index in [4.69, 9.17) is 0 Å². The molecule has 1 rings (SSSR count). The third-order valence-corrected chi connectivity index (χ3v) is 1.52. The highest BCUT2D eigenvalue weighted by Gasteiger charge is 1.96. The average Bonchev–Trinajstić information content (AvgIpc) is 2.48. The van der Waals surface area contributed by atoms with Gasteiger partial charge in [0.05, 0.1) is 0 Å². The lowest BCUT2D eigenvalue weighted by Gasteiger charge is -1.99. The van der Waals surface area contributed by atoms with Crippen molar-refractivity contribution in [3.63, 3.8) is 0 Å². The summed E-state index contributed by atoms with van der Waals surface area (Å²) >= 11 is 1.75. The van der Waals surface area contributed by atoms with Gasteiger partial charge in [0.25, 0.3) is 0 Å². The molecule has 0 saturated carbocycles. The van der Waals surface area contributed by atoms with Crippen molar-refractivity contribution in [2.75, 3.05) is 13.6 Å². The SMILES string of the molecule is CC.CC.CN1CC=CS1. The van der Waals surface area contributed by atoms with Crippen molar-refractivity contribution in [1.29, 1.82) is 0 Å². The maximum atomic E-state index is 2.17. The Hall–Kier alpha value is 0.0500. The first-order chi connectivity index (χ1) is 4.89. The minimum absolute atomic E-state index is 1.10. The van der Waals surface area contributed by atoms with Crippen molar-refractivity contribution in [3.8, 4) is 0 Å². The largest absolute Gasteiger partial charge is 0.246 e. The van der Waals surface area contributed by atoms with Gasteiger partial charge in [-0.2, -0.15) is 0 Å². The van der Waals surface area contributed by atoms with Crippen molar-refractivity contribution >= 4 is 11.9 Å². The van der Waals surface area contributed by atoms with Crippen LogP contribution in [0.3, 0.4) is 0 Å². The molecule has 0 N–H and O–H groups in total. The van der Waals surface area contributed by atoms with E-state index in [0.717, 1.165) is 6.54 Å². The van der Waals surface area contributed by atoms with Gasteiger partial charge >= 0.3 is 0 Å². The summed E-state index contributed by atoms with van der Waals surface area (Å²) in [6.45, 7) is 9.10. The van der Waals surface area contributed by atoms with Crippen LogP contribution in [0.25, 0.3) is 0 Å². The van der Waals surface area contributed by atoms with Gasteiger partial charge in [-0.3, -0.25) is 0 Å². The lowest BCUT2D eigenvalue weighted by Crippen LogP contribution is -2.01. The average molecular weight is 161 g/mol. The van der Waals surface area contributed by atoms with E-state index in [0.29, 0.717) is 0 Å². The fourth-order valence-electron chi connectivity index (χ4n) is 0.381. The first-order valence-corrected chi connectivity index (χ1v) is 4.76. The summed E-state index contributed by atoms with van der Waals surface area (Å²) in [4.78, 5) is 0. The third-order valence-electron chi connectivity index (χ3n) is 0.700. The molecule has 0 radical (unpaired) electrons. The molecule has 62 valence electrons. The summed E-state index contributed by atoms with van der Waals surface area (Å²) in [5.74, 6) is 0. The monoisotopic (exact) mass is 161 g/mol. The highest BCUT2D eigenvalue weighted by molar-refractivity contribution is 8.00. The van der Waals surface area contributed by atoms with Gasteiger partial charge in [-0.25, -0.2) is 4.31 Å². The van der Waals surface area contributed by atoms with Crippen LogP contribution in [0.5, 0.6) is 0 Å². The summed E-state index contributed by atoms with van der Waals surface area (Å²) in [7, 11) is 2.07. The molecule has 0 aliphatic carbocycles. The molecule has 0 aromatic carbocycles. The zero-order valence-electron chi connectivity index (χ0n) is 7.72. The quantitative estimate of drug-likeness (QED) is 0.502. The van der Waals surface area contributed by atoms with Gasteiger partial charge in [-0.1, -0.05) is 45.7 Å². The maximum Gasteiger partial charge on any atom is 0.0278 e. The Morgan fingerprint density at radius 1 is 1.20 bits per heavy atom. The zero-order chi connectivity index (χ0) is 8.41. The Bertz CT molecular complexity index is 63.7. The predicted molar refractivity (Wildman–Crippen MR) is 52.1 cm³/mol. The smallest absolute Gasteiger partial charge is 0.0278 e. The van der Waals surface area contributed by atoms with Crippen LogP contribution >= 0.6 is 11.9 Å². The number of rotatable bonds is 0. The molecule has 0 amide bonds. The van der Waals surface area contributed by atoms with Gasteiger partial charge < -0.3 is 0 Å². The van der Waals surface area contributed by atoms with E-state index in [-0.39, 0.29) is 0 Å². The van der Waals surface area contributed by atoms with Crippen molar-refractivity contribution < 1.29 is 0 Å². The van der Waals surface area contributed by atoms with E-state index in [9.17, 15) is 0 Å². The lowest BCUT2D eigenvalue weighted by atomic mass is 10.6. The number of likely N-dealkylation sites (N-methyl/N-ethyl adjacent to an activating group) is 1. The molecule has 0 bridgehead atoms. The normalized spacial score (nSPS) is 14.9. The van der Waals surface area contributed by atoms with Gasteiger partial charge in [0, 0.05) is 6.54 Å². The maximum absolute atomic E-state index is 2.17. The van der Waals surface area contributed by atoms with Crippen LogP contribution in [0.1, 0.15) is 27.7 Å². The van der Waals surface area contributed by atoms with E-state index in [1.54, 1.807) is 11.9 Å². The fourth-order valence-corrected chi connectivity index (χ4v) is 0.933. The molecule has 0 spiro atoms. The van der Waals surface area contributed by atoms with E-state index >= 15 is 0 Å². The van der Waals surface area contributed by atoms with Gasteiger partial charge in [0.15, 0.2) is 0 Å². The summed E-state index contributed by atoms with van der Waals surface area (Å²) in [5.41, 5.74) is 0. The first-order valence-electron chi connectivity index (χ1n) is 3.92. The van der Waals surface area contributed by atoms with Crippen LogP contribution in [0.15, 0.2) is 11.5 Å². The molecule has 2 heteroatoms. The second-order valence-corrected chi connectivity index (χ2v) is 2.39. The standard InChI is InChI=1S/C4H7NS.2C2H6/c1-5-3-2-4-6-5;2*1-2/h2,4H,3H2,1H3;2*1-2H3. The van der Waals surface area contributed by atoms with Crippen LogP contribution in [-0.4, -0.2) is 17.9 Å². The van der Waals surface area contributed by atoms with E-state index < -0.39 is 0 Å². The molecule has 10 heavy (non-hydrogen) atoms. The second-order valence-electron chi connectivity index (χ2n) is 1.29. The number of hydrogen-bond donors (Lipinski definition) is 0. The van der Waals surface area contributed by atoms with Crippen molar-refractivity contribution in [2.45, 2.75) is 27.7 Å². The van der Waals surface area contributed by atoms with E-state index in [1.165, 1.54) is 0 Å². The van der Waals surface area contributed by atoms with Crippen molar-refractivity contribution in [2.24, 2.45) is 0 Å². The first kappa shape index (κ1) is 12.7. The summed E-state index contributed by atoms with van der Waals surface area (Å²) in [6.07, 6.45) is 2.14. The third kappa shape index (κ3) is 8.05. The molecule has 0 aromatic rings. The fraction of sp³-hybridized carbons (Fsp3) is 0.750. The number of hydrogen-bond acceptors (Lipinski definition) is 2. The van der Waals surface area contributed by atoms with E-state index in [2.05, 4.69) is 22.8 Å². The summed E-state index contributed by atoms with van der Waals surface area (Å²) < 4.78 is 2.17. The number of nitrogens with zero attached hydrogens (tertiary/aromatic N) is 1. The minimum atomic E-state index is 1.10. The van der Waals surface area contributed by atoms with E-state index in [1.807, 2.05) is 27.7 Å². The molecule has 1 nitrogen and oxygen atoms in total. The minimum Gasteiger partial charge on any atom is -0.246 e. The molecule has 1 heterocycles. The van der Waals surface area contributed by atoms with Gasteiger partial charge in [-0.15, -0.1) is 0 Å². The molecular weight excluding hydrogens is 142 g/mol. The molecule has 0 fully saturated rings. The molecule has 1 aliphatic heterocycles. The molecule has 0 aromatic heterocycles. The molecular formula is C8H19NS. The topological polar surface area (TPSA) is 3.24 Å². The second kappa shape index (κ2) is 11.8. The van der Waals surface area contributed by atoms with Crippen molar-refractivity contribution in [3.05, 3.63) is 11.5 Å². The zero-order valence-corrected chi connectivity index (χ0v) is 8.53. The Morgan fingerprint density at radius 3 is 1.80 bits per heavy atom. The van der Waals surface area contributed by atoms with Crippen LogP contribution in [-0.2, 0) is 0 Å². The summed E-state index contributed by atoms with van der Waals surface area (Å²) in [5, 5.41) is 2.10. The predicted octanol–water partition coefficient (Wildman–Crippen LogP) is 3.15. The molecule has 1 aliphatic rings. The Labute approximate surface area is 69.6 Å². The van der Waals surface area contributed by atoms with Crippen molar-refractivity contribution in [1.82, 2.24) is 4.31 Å². The Kier molecular flexibility index (Phi) is 15.0. The molecule has 0 atom stereocenters. The van der Waals surface area contributed by atoms with Crippen LogP contribution in [0.2, 0.25) is 0 Å². The lowest BCUT2D eigenvalue weighted by molar-refractivity contribution is 0.650. The van der Waals surface area contributed by atoms with Gasteiger partial charge in [0.1, 0.15) is 0 Å². The van der Waals surface area contributed by atoms with Crippen LogP contribution in [0.4, 0.5) is 0 Å². The molecule has 0 saturated heterocycles. The van der Waals surface area contributed by atoms with Crippen LogP contribution < -0.4 is 0 Å². The molecule has 0 unspecified atom stereocenters. The highest BCUT2D eigenvalue weighted by atomic mass is 32.2. The summed E-state index contributed by atoms with van der Waals surface area (Å²) in [6, 6.07) is 0. The van der Waals surface area contributed by atoms with Gasteiger partial charge in [0.2, 0.25) is 0 Å². The highest BCUT2D eigenvalue weighted by Crippen LogP contribution is 2.13.